The Kier molecular flexibility index (Phi) is 3.82. The number of nitrogens with one attached hydrogen (secondary N) is 1. The largest absolute Gasteiger partial charge is 0.325 e. The van der Waals surface area contributed by atoms with Crippen LogP contribution in [-0.2, 0) is 4.79 Å². The van der Waals surface area contributed by atoms with Gasteiger partial charge in [-0.25, -0.2) is 0 Å². The summed E-state index contributed by atoms with van der Waals surface area (Å²) in [6.07, 6.45) is 4.64. The number of carbonyl (C=O) groups is 1. The maximum atomic E-state index is 12.1. The van der Waals surface area contributed by atoms with Crippen molar-refractivity contribution in [1.82, 2.24) is 0 Å². The Morgan fingerprint density at radius 2 is 2.06 bits per heavy atom. The van der Waals surface area contributed by atoms with Crippen molar-refractivity contribution in [3.63, 3.8) is 0 Å². The molecule has 1 heterocycles. The fourth-order valence-electron chi connectivity index (χ4n) is 2.77. The minimum absolute atomic E-state index is 0.0720. The summed E-state index contributed by atoms with van der Waals surface area (Å²) >= 11 is 0. The van der Waals surface area contributed by atoms with Crippen LogP contribution in [0, 0.1) is 5.92 Å². The lowest BCUT2D eigenvalue weighted by atomic mass is 9.82. The van der Waals surface area contributed by atoms with Crippen LogP contribution in [-0.4, -0.2) is 5.91 Å². The highest BCUT2D eigenvalue weighted by molar-refractivity contribution is 6.03. The molecule has 0 saturated carbocycles. The lowest BCUT2D eigenvalue weighted by molar-refractivity contribution is -0.118. The van der Waals surface area contributed by atoms with Crippen molar-refractivity contribution in [1.29, 1.82) is 0 Å². The van der Waals surface area contributed by atoms with Crippen LogP contribution in [0.5, 0.6) is 0 Å². The summed E-state index contributed by atoms with van der Waals surface area (Å²) in [4.78, 5) is 12.1. The van der Waals surface area contributed by atoms with E-state index in [1.807, 2.05) is 18.2 Å². The summed E-state index contributed by atoms with van der Waals surface area (Å²) in [5.41, 5.74) is 2.21. The number of fused-ring (bicyclic) bond motifs is 1. The molecule has 17 heavy (non-hydrogen) atoms. The summed E-state index contributed by atoms with van der Waals surface area (Å²) in [7, 11) is 0. The van der Waals surface area contributed by atoms with Gasteiger partial charge in [-0.1, -0.05) is 51.3 Å². The van der Waals surface area contributed by atoms with Crippen LogP contribution in [0.1, 0.15) is 51.0 Å². The molecule has 2 atom stereocenters. The maximum Gasteiger partial charge on any atom is 0.232 e. The molecule has 1 aromatic rings. The van der Waals surface area contributed by atoms with Gasteiger partial charge in [-0.3, -0.25) is 4.79 Å². The molecule has 1 N–H and O–H groups in total. The van der Waals surface area contributed by atoms with E-state index in [0.29, 0.717) is 5.92 Å². The van der Waals surface area contributed by atoms with E-state index in [4.69, 9.17) is 0 Å². The smallest absolute Gasteiger partial charge is 0.232 e. The van der Waals surface area contributed by atoms with Gasteiger partial charge in [-0.2, -0.15) is 0 Å². The van der Waals surface area contributed by atoms with Crippen molar-refractivity contribution in [2.45, 2.75) is 45.4 Å². The zero-order valence-corrected chi connectivity index (χ0v) is 10.7. The van der Waals surface area contributed by atoms with Crippen LogP contribution in [0.4, 0.5) is 5.69 Å². The second-order valence-electron chi connectivity index (χ2n) is 4.86. The topological polar surface area (TPSA) is 29.1 Å². The van der Waals surface area contributed by atoms with E-state index >= 15 is 0 Å². The van der Waals surface area contributed by atoms with Gasteiger partial charge in [0, 0.05) is 5.69 Å². The van der Waals surface area contributed by atoms with E-state index in [1.165, 1.54) is 18.4 Å². The summed E-state index contributed by atoms with van der Waals surface area (Å²) in [5.74, 6) is 0.746. The molecule has 0 aromatic heterocycles. The van der Waals surface area contributed by atoms with Gasteiger partial charge in [0.2, 0.25) is 5.91 Å². The predicted octanol–water partition coefficient (Wildman–Crippen LogP) is 3.94. The number of para-hydroxylation sites is 1. The van der Waals surface area contributed by atoms with Gasteiger partial charge < -0.3 is 5.32 Å². The number of hydrogen-bond acceptors (Lipinski definition) is 1. The predicted molar refractivity (Wildman–Crippen MR) is 71.1 cm³/mol. The third-order valence-corrected chi connectivity index (χ3v) is 3.76. The van der Waals surface area contributed by atoms with Crippen molar-refractivity contribution in [2.24, 2.45) is 5.92 Å². The Labute approximate surface area is 103 Å². The maximum absolute atomic E-state index is 12.1. The van der Waals surface area contributed by atoms with Crippen LogP contribution < -0.4 is 5.32 Å². The minimum Gasteiger partial charge on any atom is -0.325 e. The SMILES string of the molecule is CCCCC(CC)C1C(=O)Nc2ccccc21. The van der Waals surface area contributed by atoms with E-state index in [1.54, 1.807) is 0 Å². The number of anilines is 1. The van der Waals surface area contributed by atoms with E-state index in [9.17, 15) is 4.79 Å². The first-order chi connectivity index (χ1) is 8.27. The average Bonchev–Trinajstić information content (AvgIpc) is 2.67. The van der Waals surface area contributed by atoms with Crippen LogP contribution in [0.3, 0.4) is 0 Å². The second-order valence-corrected chi connectivity index (χ2v) is 4.86. The molecule has 1 aromatic carbocycles. The van der Waals surface area contributed by atoms with Crippen LogP contribution in [0.25, 0.3) is 0 Å². The second kappa shape index (κ2) is 5.35. The average molecular weight is 231 g/mol. The Morgan fingerprint density at radius 3 is 2.76 bits per heavy atom. The molecule has 2 nitrogen and oxygen atoms in total. The van der Waals surface area contributed by atoms with Gasteiger partial charge >= 0.3 is 0 Å². The van der Waals surface area contributed by atoms with Crippen molar-refractivity contribution in [3.8, 4) is 0 Å². The molecule has 1 amide bonds. The molecular weight excluding hydrogens is 210 g/mol. The molecular formula is C15H21NO. The summed E-state index contributed by atoms with van der Waals surface area (Å²) in [6, 6.07) is 8.10. The van der Waals surface area contributed by atoms with Crippen LogP contribution >= 0.6 is 0 Å². The molecule has 2 heteroatoms. The molecule has 0 saturated heterocycles. The number of rotatable bonds is 5. The van der Waals surface area contributed by atoms with E-state index in [0.717, 1.165) is 18.5 Å². The van der Waals surface area contributed by atoms with Gasteiger partial charge in [-0.05, 0) is 24.0 Å². The van der Waals surface area contributed by atoms with Crippen LogP contribution in [0.2, 0.25) is 0 Å². The third-order valence-electron chi connectivity index (χ3n) is 3.76. The molecule has 0 aliphatic carbocycles. The monoisotopic (exact) mass is 231 g/mol. The highest BCUT2D eigenvalue weighted by Gasteiger charge is 2.35. The molecule has 92 valence electrons. The van der Waals surface area contributed by atoms with Gasteiger partial charge in [-0.15, -0.1) is 0 Å². The molecule has 1 aliphatic rings. The standard InChI is InChI=1S/C15H21NO/c1-3-5-8-11(4-2)14-12-9-6-7-10-13(12)16-15(14)17/h6-7,9-11,14H,3-5,8H2,1-2H3,(H,16,17). The fourth-order valence-corrected chi connectivity index (χ4v) is 2.77. The number of carbonyl (C=O) groups excluding carboxylic acids is 1. The first-order valence-corrected chi connectivity index (χ1v) is 6.67. The van der Waals surface area contributed by atoms with Crippen molar-refractivity contribution < 1.29 is 4.79 Å². The first-order valence-electron chi connectivity index (χ1n) is 6.67. The van der Waals surface area contributed by atoms with Gasteiger partial charge in [0.25, 0.3) is 0 Å². The Hall–Kier alpha value is -1.31. The summed E-state index contributed by atoms with van der Waals surface area (Å²) in [6.45, 7) is 4.39. The molecule has 1 aliphatic heterocycles. The van der Waals surface area contributed by atoms with Gasteiger partial charge in [0.15, 0.2) is 0 Å². The van der Waals surface area contributed by atoms with Gasteiger partial charge in [0.05, 0.1) is 5.92 Å². The molecule has 0 bridgehead atoms. The number of unbranched alkanes of at least 4 members (excludes halogenated alkanes) is 1. The Morgan fingerprint density at radius 1 is 1.29 bits per heavy atom. The molecule has 0 spiro atoms. The van der Waals surface area contributed by atoms with Crippen LogP contribution in [0.15, 0.2) is 24.3 Å². The molecule has 2 rings (SSSR count). The zero-order valence-electron chi connectivity index (χ0n) is 10.7. The highest BCUT2D eigenvalue weighted by atomic mass is 16.2. The van der Waals surface area contributed by atoms with Crippen molar-refractivity contribution >= 4 is 11.6 Å². The van der Waals surface area contributed by atoms with Crippen molar-refractivity contribution in [3.05, 3.63) is 29.8 Å². The number of benzene rings is 1. The molecule has 0 radical (unpaired) electrons. The quantitative estimate of drug-likeness (QED) is 0.817. The molecule has 2 unspecified atom stereocenters. The summed E-state index contributed by atoms with van der Waals surface area (Å²) in [5, 5.41) is 3.00. The fraction of sp³-hybridized carbons (Fsp3) is 0.533. The first kappa shape index (κ1) is 12.2. The minimum atomic E-state index is 0.0720. The Balaban J connectivity index is 2.22. The number of amides is 1. The number of hydrogen-bond donors (Lipinski definition) is 1. The van der Waals surface area contributed by atoms with Crippen molar-refractivity contribution in [2.75, 3.05) is 5.32 Å². The third kappa shape index (κ3) is 2.36. The molecule has 0 fully saturated rings. The van der Waals surface area contributed by atoms with E-state index in [2.05, 4.69) is 25.2 Å². The zero-order chi connectivity index (χ0) is 12.3. The normalized spacial score (nSPS) is 19.9. The van der Waals surface area contributed by atoms with E-state index in [-0.39, 0.29) is 11.8 Å². The van der Waals surface area contributed by atoms with Gasteiger partial charge in [0.1, 0.15) is 0 Å². The lowest BCUT2D eigenvalue weighted by Crippen LogP contribution is -2.20. The highest BCUT2D eigenvalue weighted by Crippen LogP contribution is 2.40. The van der Waals surface area contributed by atoms with E-state index < -0.39 is 0 Å². The lowest BCUT2D eigenvalue weighted by Gasteiger charge is -2.20. The Bertz CT molecular complexity index is 400. The summed E-state index contributed by atoms with van der Waals surface area (Å²) < 4.78 is 0.